The molecule has 0 saturated carbocycles. The van der Waals surface area contributed by atoms with E-state index in [0.717, 1.165) is 5.56 Å². The Bertz CT molecular complexity index is 1120. The van der Waals surface area contributed by atoms with Crippen LogP contribution in [0.25, 0.3) is 0 Å². The number of carbonyl (C=O) groups excluding carboxylic acids is 3. The molecule has 0 spiro atoms. The van der Waals surface area contributed by atoms with Gasteiger partial charge in [0.1, 0.15) is 5.82 Å². The lowest BCUT2D eigenvalue weighted by atomic mass is 9.98. The van der Waals surface area contributed by atoms with Gasteiger partial charge in [-0.05, 0) is 44.5 Å². The van der Waals surface area contributed by atoms with Crippen molar-refractivity contribution in [2.45, 2.75) is 32.9 Å². The van der Waals surface area contributed by atoms with E-state index >= 15 is 0 Å². The molecule has 32 heavy (non-hydrogen) atoms. The molecule has 164 valence electrons. The highest BCUT2D eigenvalue weighted by Crippen LogP contribution is 2.18. The SMILES string of the molecule is Cc1ccc(C(=O)c2ccccc2C(=O)O[C@@H](C)C(=O)N[C@@H](C)c2ccc(F)cc2)cc1. The van der Waals surface area contributed by atoms with Crippen molar-refractivity contribution in [2.75, 3.05) is 0 Å². The first-order valence-electron chi connectivity index (χ1n) is 10.2. The highest BCUT2D eigenvalue weighted by Gasteiger charge is 2.24. The molecule has 0 aliphatic heterocycles. The largest absolute Gasteiger partial charge is 0.449 e. The number of ketones is 1. The molecule has 3 aromatic carbocycles. The normalized spacial score (nSPS) is 12.5. The minimum absolute atomic E-state index is 0.0873. The maximum Gasteiger partial charge on any atom is 0.339 e. The Balaban J connectivity index is 1.70. The van der Waals surface area contributed by atoms with Crippen LogP contribution in [0.5, 0.6) is 0 Å². The van der Waals surface area contributed by atoms with Crippen molar-refractivity contribution in [1.82, 2.24) is 5.32 Å². The molecule has 0 saturated heterocycles. The summed E-state index contributed by atoms with van der Waals surface area (Å²) in [5.41, 5.74) is 2.48. The van der Waals surface area contributed by atoms with E-state index in [1.807, 2.05) is 19.1 Å². The van der Waals surface area contributed by atoms with Crippen LogP contribution in [0.2, 0.25) is 0 Å². The number of nitrogens with one attached hydrogen (secondary N) is 1. The second kappa shape index (κ2) is 10.0. The maximum absolute atomic E-state index is 13.1. The van der Waals surface area contributed by atoms with Gasteiger partial charge in [-0.25, -0.2) is 9.18 Å². The van der Waals surface area contributed by atoms with Crippen molar-refractivity contribution in [1.29, 1.82) is 0 Å². The van der Waals surface area contributed by atoms with E-state index < -0.39 is 24.0 Å². The Kier molecular flexibility index (Phi) is 7.15. The zero-order valence-electron chi connectivity index (χ0n) is 18.1. The third kappa shape index (κ3) is 5.46. The molecular formula is C26H24FNO4. The smallest absolute Gasteiger partial charge is 0.339 e. The fraction of sp³-hybridized carbons (Fsp3) is 0.192. The van der Waals surface area contributed by atoms with Crippen LogP contribution in [0.1, 0.15) is 57.3 Å². The lowest BCUT2D eigenvalue weighted by Gasteiger charge is -2.19. The van der Waals surface area contributed by atoms with E-state index in [1.54, 1.807) is 49.4 Å². The third-order valence-electron chi connectivity index (χ3n) is 5.09. The number of ether oxygens (including phenoxy) is 1. The molecule has 0 aromatic heterocycles. The fourth-order valence-corrected chi connectivity index (χ4v) is 3.16. The molecule has 2 atom stereocenters. The van der Waals surface area contributed by atoms with Crippen molar-refractivity contribution < 1.29 is 23.5 Å². The molecule has 0 heterocycles. The van der Waals surface area contributed by atoms with Gasteiger partial charge in [-0.2, -0.15) is 0 Å². The summed E-state index contributed by atoms with van der Waals surface area (Å²) in [6, 6.07) is 18.8. The van der Waals surface area contributed by atoms with Gasteiger partial charge in [0, 0.05) is 11.1 Å². The fourth-order valence-electron chi connectivity index (χ4n) is 3.16. The molecule has 0 aliphatic rings. The maximum atomic E-state index is 13.1. The number of hydrogen-bond acceptors (Lipinski definition) is 4. The Morgan fingerprint density at radius 1 is 0.844 bits per heavy atom. The van der Waals surface area contributed by atoms with Crippen LogP contribution in [-0.2, 0) is 9.53 Å². The van der Waals surface area contributed by atoms with E-state index in [0.29, 0.717) is 11.1 Å². The lowest BCUT2D eigenvalue weighted by Crippen LogP contribution is -2.37. The van der Waals surface area contributed by atoms with Gasteiger partial charge < -0.3 is 10.1 Å². The van der Waals surface area contributed by atoms with E-state index in [-0.39, 0.29) is 22.7 Å². The van der Waals surface area contributed by atoms with Crippen LogP contribution in [0.15, 0.2) is 72.8 Å². The summed E-state index contributed by atoms with van der Waals surface area (Å²) in [5, 5.41) is 2.74. The second-order valence-corrected chi connectivity index (χ2v) is 7.57. The number of esters is 1. The molecule has 0 fully saturated rings. The molecule has 1 N–H and O–H groups in total. The van der Waals surface area contributed by atoms with Gasteiger partial charge in [0.15, 0.2) is 11.9 Å². The summed E-state index contributed by atoms with van der Waals surface area (Å²) in [7, 11) is 0. The lowest BCUT2D eigenvalue weighted by molar-refractivity contribution is -0.129. The zero-order valence-corrected chi connectivity index (χ0v) is 18.1. The molecule has 0 bridgehead atoms. The predicted octanol–water partition coefficient (Wildman–Crippen LogP) is 4.79. The Morgan fingerprint density at radius 3 is 2.06 bits per heavy atom. The van der Waals surface area contributed by atoms with Gasteiger partial charge in [0.25, 0.3) is 5.91 Å². The summed E-state index contributed by atoms with van der Waals surface area (Å²) in [6.45, 7) is 5.12. The molecule has 0 unspecified atom stereocenters. The summed E-state index contributed by atoms with van der Waals surface area (Å²) >= 11 is 0. The van der Waals surface area contributed by atoms with Crippen molar-refractivity contribution in [3.8, 4) is 0 Å². The van der Waals surface area contributed by atoms with Crippen molar-refractivity contribution >= 4 is 17.7 Å². The molecule has 6 heteroatoms. The Hall–Kier alpha value is -3.80. The second-order valence-electron chi connectivity index (χ2n) is 7.57. The minimum atomic E-state index is -1.09. The summed E-state index contributed by atoms with van der Waals surface area (Å²) in [4.78, 5) is 38.2. The average Bonchev–Trinajstić information content (AvgIpc) is 2.79. The summed E-state index contributed by atoms with van der Waals surface area (Å²) in [5.74, 6) is -1.94. The number of hydrogen-bond donors (Lipinski definition) is 1. The molecule has 0 aliphatic carbocycles. The zero-order chi connectivity index (χ0) is 23.3. The van der Waals surface area contributed by atoms with Crippen LogP contribution in [0.4, 0.5) is 4.39 Å². The Morgan fingerprint density at radius 2 is 1.44 bits per heavy atom. The predicted molar refractivity (Wildman–Crippen MR) is 119 cm³/mol. The number of benzene rings is 3. The third-order valence-corrected chi connectivity index (χ3v) is 5.09. The first-order valence-corrected chi connectivity index (χ1v) is 10.2. The molecule has 0 radical (unpaired) electrons. The van der Waals surface area contributed by atoms with Crippen LogP contribution in [0, 0.1) is 12.7 Å². The van der Waals surface area contributed by atoms with E-state index in [2.05, 4.69) is 5.32 Å². The van der Waals surface area contributed by atoms with Crippen molar-refractivity contribution in [2.24, 2.45) is 0 Å². The van der Waals surface area contributed by atoms with Gasteiger partial charge in [-0.1, -0.05) is 60.2 Å². The van der Waals surface area contributed by atoms with Gasteiger partial charge in [0.2, 0.25) is 0 Å². The highest BCUT2D eigenvalue weighted by molar-refractivity contribution is 6.14. The van der Waals surface area contributed by atoms with Crippen LogP contribution in [0.3, 0.4) is 0 Å². The van der Waals surface area contributed by atoms with Gasteiger partial charge in [0.05, 0.1) is 11.6 Å². The number of rotatable bonds is 7. The number of halogens is 1. The van der Waals surface area contributed by atoms with Crippen LogP contribution < -0.4 is 5.32 Å². The van der Waals surface area contributed by atoms with Crippen molar-refractivity contribution in [3.63, 3.8) is 0 Å². The van der Waals surface area contributed by atoms with Gasteiger partial charge in [-0.3, -0.25) is 9.59 Å². The van der Waals surface area contributed by atoms with E-state index in [4.69, 9.17) is 4.74 Å². The summed E-state index contributed by atoms with van der Waals surface area (Å²) < 4.78 is 18.4. The first kappa shape index (κ1) is 22.9. The molecular weight excluding hydrogens is 409 g/mol. The monoisotopic (exact) mass is 433 g/mol. The average molecular weight is 433 g/mol. The minimum Gasteiger partial charge on any atom is -0.449 e. The highest BCUT2D eigenvalue weighted by atomic mass is 19.1. The molecule has 5 nitrogen and oxygen atoms in total. The first-order chi connectivity index (χ1) is 15.3. The topological polar surface area (TPSA) is 72.5 Å². The van der Waals surface area contributed by atoms with Crippen LogP contribution in [-0.4, -0.2) is 23.8 Å². The number of carbonyl (C=O) groups is 3. The molecule has 1 amide bonds. The van der Waals surface area contributed by atoms with Gasteiger partial charge in [-0.15, -0.1) is 0 Å². The quantitative estimate of drug-likeness (QED) is 0.430. The van der Waals surface area contributed by atoms with Crippen LogP contribution >= 0.6 is 0 Å². The van der Waals surface area contributed by atoms with Gasteiger partial charge >= 0.3 is 5.97 Å². The molecule has 3 aromatic rings. The van der Waals surface area contributed by atoms with E-state index in [9.17, 15) is 18.8 Å². The summed E-state index contributed by atoms with van der Waals surface area (Å²) in [6.07, 6.45) is -1.09. The molecule has 3 rings (SSSR count). The standard InChI is InChI=1S/C26H24FNO4/c1-16-8-10-20(11-9-16)24(29)22-6-4-5-7-23(22)26(31)32-18(3)25(30)28-17(2)19-12-14-21(27)15-13-19/h4-15,17-18H,1-3H3,(H,28,30)/t17-,18-/m0/s1. The Labute approximate surface area is 186 Å². The van der Waals surface area contributed by atoms with E-state index in [1.165, 1.54) is 25.1 Å². The number of aryl methyl sites for hydroxylation is 1. The number of amides is 1. The van der Waals surface area contributed by atoms with Crippen molar-refractivity contribution in [3.05, 3.63) is 106 Å².